The van der Waals surface area contributed by atoms with Crippen molar-refractivity contribution in [2.24, 2.45) is 0 Å². The Bertz CT molecular complexity index is 603. The Morgan fingerprint density at radius 3 is 2.74 bits per heavy atom. The molecular weight excluding hydrogens is 242 g/mol. The zero-order valence-corrected chi connectivity index (χ0v) is 11.2. The summed E-state index contributed by atoms with van der Waals surface area (Å²) in [6, 6.07) is 5.73. The molecule has 0 fully saturated rings. The molecule has 1 aromatic heterocycles. The Hall–Kier alpha value is -2.50. The second kappa shape index (κ2) is 5.01. The smallest absolute Gasteiger partial charge is 0.275 e. The van der Waals surface area contributed by atoms with Crippen molar-refractivity contribution < 1.29 is 4.79 Å². The van der Waals surface area contributed by atoms with Crippen molar-refractivity contribution in [2.75, 3.05) is 30.0 Å². The van der Waals surface area contributed by atoms with Crippen LogP contribution in [0.1, 0.15) is 16.1 Å². The van der Waals surface area contributed by atoms with E-state index in [4.69, 9.17) is 5.73 Å². The van der Waals surface area contributed by atoms with Crippen LogP contribution in [-0.4, -0.2) is 30.2 Å². The lowest BCUT2D eigenvalue weighted by Crippen LogP contribution is -2.15. The van der Waals surface area contributed by atoms with Crippen LogP contribution in [0.25, 0.3) is 0 Å². The number of carbonyl (C=O) groups is 1. The van der Waals surface area contributed by atoms with Crippen LogP contribution in [0.3, 0.4) is 0 Å². The van der Waals surface area contributed by atoms with E-state index in [1.54, 1.807) is 0 Å². The highest BCUT2D eigenvalue weighted by Crippen LogP contribution is 2.23. The van der Waals surface area contributed by atoms with Crippen LogP contribution in [-0.2, 0) is 0 Å². The monoisotopic (exact) mass is 259 g/mol. The summed E-state index contributed by atoms with van der Waals surface area (Å²) in [4.78, 5) is 14.0. The predicted octanol–water partition coefficient (Wildman–Crippen LogP) is 1.62. The number of nitrogens with zero attached hydrogens (tertiary/aromatic N) is 2. The highest BCUT2D eigenvalue weighted by atomic mass is 16.2. The lowest BCUT2D eigenvalue weighted by atomic mass is 10.1. The number of nitrogen functional groups attached to an aromatic ring is 1. The van der Waals surface area contributed by atoms with Gasteiger partial charge in [-0.2, -0.15) is 5.10 Å². The first kappa shape index (κ1) is 12.9. The highest BCUT2D eigenvalue weighted by molar-refractivity contribution is 6.06. The SMILES string of the molecule is Cc1ccc(NC(=O)c2[nH]ncc2N)cc1N(C)C. The fourth-order valence-electron chi connectivity index (χ4n) is 1.84. The fraction of sp³-hybridized carbons (Fsp3) is 0.231. The molecular formula is C13H17N5O. The normalized spacial score (nSPS) is 10.3. The number of carbonyl (C=O) groups excluding carboxylic acids is 1. The molecule has 6 heteroatoms. The first-order valence-corrected chi connectivity index (χ1v) is 5.87. The molecule has 0 aliphatic heterocycles. The number of anilines is 3. The molecule has 1 amide bonds. The van der Waals surface area contributed by atoms with Crippen molar-refractivity contribution in [3.63, 3.8) is 0 Å². The minimum Gasteiger partial charge on any atom is -0.396 e. The van der Waals surface area contributed by atoms with E-state index in [1.807, 2.05) is 44.1 Å². The highest BCUT2D eigenvalue weighted by Gasteiger charge is 2.12. The van der Waals surface area contributed by atoms with Gasteiger partial charge in [-0.05, 0) is 24.6 Å². The maximum absolute atomic E-state index is 12.0. The molecule has 1 aromatic carbocycles. The first-order chi connectivity index (χ1) is 8.99. The molecule has 0 spiro atoms. The van der Waals surface area contributed by atoms with Crippen LogP contribution in [0.5, 0.6) is 0 Å². The van der Waals surface area contributed by atoms with E-state index in [1.165, 1.54) is 6.20 Å². The summed E-state index contributed by atoms with van der Waals surface area (Å²) in [7, 11) is 3.92. The fourth-order valence-corrected chi connectivity index (χ4v) is 1.84. The summed E-state index contributed by atoms with van der Waals surface area (Å²) in [6.45, 7) is 2.02. The third kappa shape index (κ3) is 2.67. The van der Waals surface area contributed by atoms with Crippen LogP contribution in [0.15, 0.2) is 24.4 Å². The molecule has 0 unspecified atom stereocenters. The van der Waals surface area contributed by atoms with Crippen molar-refractivity contribution in [1.82, 2.24) is 10.2 Å². The van der Waals surface area contributed by atoms with Crippen LogP contribution in [0.4, 0.5) is 17.1 Å². The third-order valence-corrected chi connectivity index (χ3v) is 2.84. The van der Waals surface area contributed by atoms with E-state index < -0.39 is 0 Å². The molecule has 0 bridgehead atoms. The summed E-state index contributed by atoms with van der Waals surface area (Å²) >= 11 is 0. The molecule has 1 heterocycles. The van der Waals surface area contributed by atoms with Gasteiger partial charge in [0.2, 0.25) is 0 Å². The quantitative estimate of drug-likeness (QED) is 0.781. The second-order valence-electron chi connectivity index (χ2n) is 4.55. The summed E-state index contributed by atoms with van der Waals surface area (Å²) in [5, 5.41) is 9.09. The zero-order chi connectivity index (χ0) is 14.0. The van der Waals surface area contributed by atoms with Gasteiger partial charge in [0.05, 0.1) is 11.9 Å². The Kier molecular flexibility index (Phi) is 3.41. The molecule has 2 aromatic rings. The van der Waals surface area contributed by atoms with E-state index in [2.05, 4.69) is 15.5 Å². The number of aromatic nitrogens is 2. The second-order valence-corrected chi connectivity index (χ2v) is 4.55. The van der Waals surface area contributed by atoms with E-state index in [0.717, 1.165) is 11.3 Å². The largest absolute Gasteiger partial charge is 0.396 e. The Morgan fingerprint density at radius 1 is 1.42 bits per heavy atom. The molecule has 4 N–H and O–H groups in total. The van der Waals surface area contributed by atoms with Crippen molar-refractivity contribution >= 4 is 23.0 Å². The van der Waals surface area contributed by atoms with Crippen molar-refractivity contribution in [1.29, 1.82) is 0 Å². The van der Waals surface area contributed by atoms with Gasteiger partial charge < -0.3 is 16.0 Å². The average Bonchev–Trinajstić information content (AvgIpc) is 2.77. The average molecular weight is 259 g/mol. The van der Waals surface area contributed by atoms with Gasteiger partial charge >= 0.3 is 0 Å². The predicted molar refractivity (Wildman–Crippen MR) is 76.5 cm³/mol. The minimum atomic E-state index is -0.302. The van der Waals surface area contributed by atoms with Crippen molar-refractivity contribution in [2.45, 2.75) is 6.92 Å². The lowest BCUT2D eigenvalue weighted by molar-refractivity contribution is 0.102. The van der Waals surface area contributed by atoms with Gasteiger partial charge in [-0.3, -0.25) is 9.89 Å². The molecule has 0 aliphatic carbocycles. The van der Waals surface area contributed by atoms with Crippen molar-refractivity contribution in [3.05, 3.63) is 35.7 Å². The molecule has 100 valence electrons. The van der Waals surface area contributed by atoms with Crippen molar-refractivity contribution in [3.8, 4) is 0 Å². The number of aromatic amines is 1. The van der Waals surface area contributed by atoms with Crippen LogP contribution in [0, 0.1) is 6.92 Å². The minimum absolute atomic E-state index is 0.270. The van der Waals surface area contributed by atoms with E-state index >= 15 is 0 Å². The van der Waals surface area contributed by atoms with E-state index in [0.29, 0.717) is 11.4 Å². The standard InChI is InChI=1S/C13H17N5O/c1-8-4-5-9(6-11(8)18(2)3)16-13(19)12-10(14)7-15-17-12/h4-7H,14H2,1-3H3,(H,15,17)(H,16,19). The molecule has 19 heavy (non-hydrogen) atoms. The number of hydrogen-bond donors (Lipinski definition) is 3. The summed E-state index contributed by atoms with van der Waals surface area (Å²) in [5.74, 6) is -0.302. The molecule has 0 saturated carbocycles. The van der Waals surface area contributed by atoms with Crippen LogP contribution >= 0.6 is 0 Å². The molecule has 0 saturated heterocycles. The number of aryl methyl sites for hydroxylation is 1. The molecule has 2 rings (SSSR count). The molecule has 0 aliphatic rings. The van der Waals surface area contributed by atoms with Crippen LogP contribution in [0.2, 0.25) is 0 Å². The van der Waals surface area contributed by atoms with E-state index in [9.17, 15) is 4.79 Å². The van der Waals surface area contributed by atoms with Gasteiger partial charge in [-0.1, -0.05) is 6.07 Å². The maximum atomic E-state index is 12.0. The number of rotatable bonds is 3. The van der Waals surface area contributed by atoms with Gasteiger partial charge in [0.25, 0.3) is 5.91 Å². The number of nitrogens with two attached hydrogens (primary N) is 1. The van der Waals surface area contributed by atoms with Crippen LogP contribution < -0.4 is 16.0 Å². The summed E-state index contributed by atoms with van der Waals surface area (Å²) in [5.41, 5.74) is 9.15. The van der Waals surface area contributed by atoms with Gasteiger partial charge in [-0.25, -0.2) is 0 Å². The summed E-state index contributed by atoms with van der Waals surface area (Å²) in [6.07, 6.45) is 1.41. The number of hydrogen-bond acceptors (Lipinski definition) is 4. The number of benzene rings is 1. The molecule has 0 radical (unpaired) electrons. The van der Waals surface area contributed by atoms with Gasteiger partial charge in [-0.15, -0.1) is 0 Å². The third-order valence-electron chi connectivity index (χ3n) is 2.84. The maximum Gasteiger partial charge on any atom is 0.275 e. The zero-order valence-electron chi connectivity index (χ0n) is 11.2. The molecule has 0 atom stereocenters. The lowest BCUT2D eigenvalue weighted by Gasteiger charge is -2.17. The Morgan fingerprint density at radius 2 is 2.16 bits per heavy atom. The Balaban J connectivity index is 2.22. The number of amides is 1. The first-order valence-electron chi connectivity index (χ1n) is 5.87. The number of H-pyrrole nitrogens is 1. The van der Waals surface area contributed by atoms with E-state index in [-0.39, 0.29) is 11.6 Å². The number of nitrogens with one attached hydrogen (secondary N) is 2. The topological polar surface area (TPSA) is 87.0 Å². The molecule has 6 nitrogen and oxygen atoms in total. The van der Waals surface area contributed by atoms with Gasteiger partial charge in [0.15, 0.2) is 0 Å². The van der Waals surface area contributed by atoms with Gasteiger partial charge in [0.1, 0.15) is 5.69 Å². The van der Waals surface area contributed by atoms with Gasteiger partial charge in [0, 0.05) is 25.5 Å². The Labute approximate surface area is 111 Å². The summed E-state index contributed by atoms with van der Waals surface area (Å²) < 4.78 is 0.